The van der Waals surface area contributed by atoms with E-state index in [1.165, 1.54) is 10.6 Å². The largest absolute Gasteiger partial charge is 0.285 e. The Balaban J connectivity index is 0.000000545. The predicted octanol–water partition coefficient (Wildman–Crippen LogP) is 4.15. The van der Waals surface area contributed by atoms with Crippen LogP contribution in [0.25, 0.3) is 0 Å². The van der Waals surface area contributed by atoms with Crippen molar-refractivity contribution in [3.8, 4) is 0 Å². The first-order chi connectivity index (χ1) is 10.8. The standard InChI is InChI=1S/C16H15N2P.2ClH.Pd/c1-3-7-15(8-4-1)19(13-14-11-12-17-18-14)16-9-5-2-6-10-16;;;/h1-12H,13H2,(H,17,18);2*1H;/q;;;+2/p-1. The summed E-state index contributed by atoms with van der Waals surface area (Å²) in [6.45, 7) is 0. The number of nitrogens with one attached hydrogen (secondary N) is 1. The van der Waals surface area contributed by atoms with Gasteiger partial charge in [0.05, 0.1) is 24.2 Å². The Morgan fingerprint density at radius 3 is 1.77 bits per heavy atom. The summed E-state index contributed by atoms with van der Waals surface area (Å²) in [7, 11) is 8.82. The molecule has 6 heteroatoms. The number of aromatic nitrogens is 2. The van der Waals surface area contributed by atoms with Crippen LogP contribution >= 0.6 is 27.0 Å². The second-order valence-corrected chi connectivity index (χ2v) is 9.32. The van der Waals surface area contributed by atoms with Gasteiger partial charge in [0.25, 0.3) is 0 Å². The van der Waals surface area contributed by atoms with Crippen LogP contribution in [0.4, 0.5) is 0 Å². The second kappa shape index (κ2) is 10.2. The minimum absolute atomic E-state index is 0.106. The number of benzene rings is 2. The van der Waals surface area contributed by atoms with Gasteiger partial charge in [-0.2, -0.15) is 5.10 Å². The van der Waals surface area contributed by atoms with Gasteiger partial charge in [-0.05, 0) is 30.3 Å². The van der Waals surface area contributed by atoms with E-state index in [2.05, 4.69) is 76.9 Å². The van der Waals surface area contributed by atoms with Crippen molar-refractivity contribution in [3.63, 3.8) is 0 Å². The van der Waals surface area contributed by atoms with Gasteiger partial charge < -0.3 is 0 Å². The molecule has 0 radical (unpaired) electrons. The molecule has 0 amide bonds. The molecule has 0 fully saturated rings. The Kier molecular flexibility index (Phi) is 8.16. The van der Waals surface area contributed by atoms with Gasteiger partial charge in [-0.3, -0.25) is 5.10 Å². The van der Waals surface area contributed by atoms with Crippen molar-refractivity contribution < 1.29 is 15.9 Å². The molecule has 0 aliphatic carbocycles. The molecule has 0 spiro atoms. The maximum Gasteiger partial charge on any atom is 0.110 e. The molecule has 1 heterocycles. The minimum Gasteiger partial charge on any atom is -0.285 e. The fraction of sp³-hybridized carbons (Fsp3) is 0.0625. The summed E-state index contributed by atoms with van der Waals surface area (Å²) in [6.07, 6.45) is 2.91. The normalized spacial score (nSPS) is 10.3. The third-order valence-corrected chi connectivity index (χ3v) is 5.94. The van der Waals surface area contributed by atoms with Crippen molar-refractivity contribution in [3.05, 3.63) is 78.6 Å². The summed E-state index contributed by atoms with van der Waals surface area (Å²) in [4.78, 5) is 0. The Labute approximate surface area is 148 Å². The number of aromatic amines is 1. The molecule has 0 aliphatic rings. The molecule has 0 bridgehead atoms. The van der Waals surface area contributed by atoms with E-state index in [4.69, 9.17) is 19.1 Å². The SMILES string of the molecule is [Cl][Pd][Cl].c1ccc([PH+](Cc2cc[nH]n2)c2ccccc2)cc1. The van der Waals surface area contributed by atoms with Crippen molar-refractivity contribution in [2.75, 3.05) is 0 Å². The van der Waals surface area contributed by atoms with E-state index in [1.54, 1.807) is 0 Å². The van der Waals surface area contributed by atoms with Gasteiger partial charge in [0.1, 0.15) is 6.16 Å². The average Bonchev–Trinajstić information content (AvgIpc) is 3.08. The summed E-state index contributed by atoms with van der Waals surface area (Å²) in [5.74, 6) is 0. The Bertz CT molecular complexity index is 596. The first kappa shape index (κ1) is 17.7. The van der Waals surface area contributed by atoms with Gasteiger partial charge in [-0.1, -0.05) is 36.4 Å². The van der Waals surface area contributed by atoms with Gasteiger partial charge >= 0.3 is 35.0 Å². The summed E-state index contributed by atoms with van der Waals surface area (Å²) in [6, 6.07) is 23.6. The summed E-state index contributed by atoms with van der Waals surface area (Å²) >= 11 is -0.106. The minimum atomic E-state index is -0.805. The molecule has 0 atom stereocenters. The summed E-state index contributed by atoms with van der Waals surface area (Å²) < 4.78 is 0. The van der Waals surface area contributed by atoms with E-state index < -0.39 is 7.92 Å². The predicted molar refractivity (Wildman–Crippen MR) is 94.5 cm³/mol. The van der Waals surface area contributed by atoms with Crippen molar-refractivity contribution >= 4 is 37.6 Å². The van der Waals surface area contributed by atoms with E-state index in [9.17, 15) is 0 Å². The zero-order valence-corrected chi connectivity index (χ0v) is 15.7. The number of halogens is 2. The van der Waals surface area contributed by atoms with Crippen LogP contribution in [0.5, 0.6) is 0 Å². The quantitative estimate of drug-likeness (QED) is 0.475. The van der Waals surface area contributed by atoms with Gasteiger partial charge in [0.2, 0.25) is 0 Å². The number of H-pyrrole nitrogens is 1. The van der Waals surface area contributed by atoms with Gasteiger partial charge in [-0.15, -0.1) is 0 Å². The van der Waals surface area contributed by atoms with E-state index in [0.29, 0.717) is 0 Å². The fourth-order valence-corrected chi connectivity index (χ4v) is 4.71. The van der Waals surface area contributed by atoms with Crippen LogP contribution in [0.15, 0.2) is 72.9 Å². The molecule has 1 N–H and O–H groups in total. The van der Waals surface area contributed by atoms with Crippen LogP contribution in [0, 0.1) is 0 Å². The molecule has 2 nitrogen and oxygen atoms in total. The third kappa shape index (κ3) is 5.51. The number of hydrogen-bond acceptors (Lipinski definition) is 1. The van der Waals surface area contributed by atoms with Gasteiger partial charge in [-0.25, -0.2) is 0 Å². The molecule has 0 saturated heterocycles. The van der Waals surface area contributed by atoms with Crippen molar-refractivity contribution in [2.45, 2.75) is 6.16 Å². The fourth-order valence-electron chi connectivity index (χ4n) is 2.22. The van der Waals surface area contributed by atoms with Gasteiger partial charge in [0.15, 0.2) is 0 Å². The van der Waals surface area contributed by atoms with Crippen molar-refractivity contribution in [1.29, 1.82) is 0 Å². The molecule has 1 aromatic heterocycles. The first-order valence-corrected chi connectivity index (χ1v) is 12.3. The van der Waals surface area contributed by atoms with E-state index >= 15 is 0 Å². The molecule has 3 rings (SSSR count). The molecular weight excluding hydrogens is 428 g/mol. The van der Waals surface area contributed by atoms with Crippen LogP contribution in [0.1, 0.15) is 5.69 Å². The molecular formula is C16H16Cl2N2PPd+. The van der Waals surface area contributed by atoms with Crippen molar-refractivity contribution in [1.82, 2.24) is 10.2 Å². The number of rotatable bonds is 4. The van der Waals surface area contributed by atoms with Crippen LogP contribution in [-0.4, -0.2) is 10.2 Å². The van der Waals surface area contributed by atoms with E-state index in [0.717, 1.165) is 11.9 Å². The van der Waals surface area contributed by atoms with Crippen LogP contribution < -0.4 is 10.6 Å². The second-order valence-electron chi connectivity index (χ2n) is 4.50. The van der Waals surface area contributed by atoms with Crippen LogP contribution in [0.3, 0.4) is 0 Å². The molecule has 0 saturated carbocycles. The maximum atomic E-state index is 4.81. The molecule has 118 valence electrons. The smallest absolute Gasteiger partial charge is 0.110 e. The zero-order chi connectivity index (χ0) is 15.6. The summed E-state index contributed by atoms with van der Waals surface area (Å²) in [5.41, 5.74) is 1.14. The molecule has 22 heavy (non-hydrogen) atoms. The summed E-state index contributed by atoms with van der Waals surface area (Å²) in [5, 5.41) is 10.1. The van der Waals surface area contributed by atoms with Gasteiger partial charge in [0, 0.05) is 6.20 Å². The Morgan fingerprint density at radius 2 is 1.36 bits per heavy atom. The Morgan fingerprint density at radius 1 is 0.864 bits per heavy atom. The Hall–Kier alpha value is -0.678. The first-order valence-electron chi connectivity index (χ1n) is 6.63. The average molecular weight is 445 g/mol. The number of hydrogen-bond donors (Lipinski definition) is 1. The maximum absolute atomic E-state index is 4.81. The zero-order valence-electron chi connectivity index (χ0n) is 11.7. The molecule has 3 aromatic rings. The monoisotopic (exact) mass is 443 g/mol. The van der Waals surface area contributed by atoms with Crippen LogP contribution in [0.2, 0.25) is 0 Å². The van der Waals surface area contributed by atoms with E-state index in [1.807, 2.05) is 6.20 Å². The molecule has 2 aromatic carbocycles. The number of nitrogens with zero attached hydrogens (tertiary/aromatic N) is 1. The van der Waals surface area contributed by atoms with Crippen molar-refractivity contribution in [2.24, 2.45) is 0 Å². The van der Waals surface area contributed by atoms with Crippen LogP contribution in [-0.2, 0) is 22.1 Å². The molecule has 0 unspecified atom stereocenters. The van der Waals surface area contributed by atoms with E-state index in [-0.39, 0.29) is 15.9 Å². The molecule has 0 aliphatic heterocycles. The third-order valence-electron chi connectivity index (χ3n) is 3.16. The topological polar surface area (TPSA) is 28.7 Å².